The predicted octanol–water partition coefficient (Wildman–Crippen LogP) is 11.9. The number of nitrogens with zero attached hydrogens (tertiary/aromatic N) is 3. The van der Waals surface area contributed by atoms with Crippen LogP contribution < -0.4 is 0 Å². The lowest BCUT2D eigenvalue weighted by Crippen LogP contribution is -1.99. The Labute approximate surface area is 281 Å². The Bertz CT molecular complexity index is 2480. The molecule has 0 bridgehead atoms. The Balaban J connectivity index is 1.15. The molecular formula is C45H35N3. The summed E-state index contributed by atoms with van der Waals surface area (Å²) < 4.78 is 2.25. The molecule has 0 aliphatic carbocycles. The summed E-state index contributed by atoms with van der Waals surface area (Å²) >= 11 is 0. The van der Waals surface area contributed by atoms with E-state index in [2.05, 4.69) is 171 Å². The highest BCUT2D eigenvalue weighted by Gasteiger charge is 2.15. The molecule has 0 saturated carbocycles. The van der Waals surface area contributed by atoms with Crippen molar-refractivity contribution in [3.05, 3.63) is 174 Å². The van der Waals surface area contributed by atoms with E-state index >= 15 is 0 Å². The number of imidazole rings is 1. The van der Waals surface area contributed by atoms with Gasteiger partial charge >= 0.3 is 0 Å². The van der Waals surface area contributed by atoms with Gasteiger partial charge in [-0.25, -0.2) is 4.98 Å². The van der Waals surface area contributed by atoms with Crippen LogP contribution in [-0.4, -0.2) is 15.3 Å². The molecule has 1 aromatic heterocycles. The van der Waals surface area contributed by atoms with E-state index in [1.54, 1.807) is 0 Å². The van der Waals surface area contributed by atoms with Crippen molar-refractivity contribution in [3.8, 4) is 39.3 Å². The zero-order chi connectivity index (χ0) is 32.6. The summed E-state index contributed by atoms with van der Waals surface area (Å²) in [4.78, 5) is 10.3. The third-order valence-corrected chi connectivity index (χ3v) is 9.26. The van der Waals surface area contributed by atoms with Crippen LogP contribution in [0, 0.1) is 13.8 Å². The number of fused-ring (bicyclic) bond motifs is 2. The second kappa shape index (κ2) is 12.3. The molecule has 0 saturated heterocycles. The van der Waals surface area contributed by atoms with Crippen molar-refractivity contribution in [2.24, 2.45) is 4.99 Å². The SMILES string of the molecule is CC(=Nc1cc(-c2ccc3cc(-c4nc5ccccc5n4-c4ccccc4)ccc3c2)ccc1C)c1ccccc1-c1ccccc1C. The minimum absolute atomic E-state index is 0.939. The van der Waals surface area contributed by atoms with Gasteiger partial charge in [-0.05, 0) is 107 Å². The zero-order valence-corrected chi connectivity index (χ0v) is 27.4. The van der Waals surface area contributed by atoms with Gasteiger partial charge in [0.1, 0.15) is 5.82 Å². The van der Waals surface area contributed by atoms with Crippen molar-refractivity contribution in [3.63, 3.8) is 0 Å². The monoisotopic (exact) mass is 617 g/mol. The molecule has 8 aromatic rings. The summed E-state index contributed by atoms with van der Waals surface area (Å²) in [6, 6.07) is 55.8. The molecule has 0 spiro atoms. The first-order valence-corrected chi connectivity index (χ1v) is 16.4. The zero-order valence-electron chi connectivity index (χ0n) is 27.4. The molecule has 0 radical (unpaired) electrons. The van der Waals surface area contributed by atoms with Crippen molar-refractivity contribution in [2.75, 3.05) is 0 Å². The van der Waals surface area contributed by atoms with Crippen LogP contribution in [0.25, 0.3) is 61.1 Å². The molecule has 0 atom stereocenters. The highest BCUT2D eigenvalue weighted by atomic mass is 15.1. The van der Waals surface area contributed by atoms with E-state index in [-0.39, 0.29) is 0 Å². The minimum Gasteiger partial charge on any atom is -0.292 e. The predicted molar refractivity (Wildman–Crippen MR) is 203 cm³/mol. The highest BCUT2D eigenvalue weighted by Crippen LogP contribution is 2.34. The fourth-order valence-electron chi connectivity index (χ4n) is 6.68. The number of hydrogen-bond acceptors (Lipinski definition) is 2. The van der Waals surface area contributed by atoms with E-state index in [1.807, 2.05) is 12.1 Å². The van der Waals surface area contributed by atoms with Gasteiger partial charge in [0.25, 0.3) is 0 Å². The molecule has 0 fully saturated rings. The van der Waals surface area contributed by atoms with Crippen LogP contribution in [0.2, 0.25) is 0 Å². The van der Waals surface area contributed by atoms with E-state index in [0.29, 0.717) is 0 Å². The maximum Gasteiger partial charge on any atom is 0.145 e. The smallest absolute Gasteiger partial charge is 0.145 e. The van der Waals surface area contributed by atoms with Crippen LogP contribution in [0.4, 0.5) is 5.69 Å². The third-order valence-electron chi connectivity index (χ3n) is 9.26. The average molecular weight is 618 g/mol. The Kier molecular flexibility index (Phi) is 7.51. The van der Waals surface area contributed by atoms with Gasteiger partial charge in [0, 0.05) is 22.5 Å². The van der Waals surface area contributed by atoms with Crippen LogP contribution in [-0.2, 0) is 0 Å². The quantitative estimate of drug-likeness (QED) is 0.171. The van der Waals surface area contributed by atoms with Crippen LogP contribution in [0.1, 0.15) is 23.6 Å². The second-order valence-corrected chi connectivity index (χ2v) is 12.4. The first-order chi connectivity index (χ1) is 23.5. The molecule has 0 amide bonds. The lowest BCUT2D eigenvalue weighted by Gasteiger charge is -2.13. The van der Waals surface area contributed by atoms with Crippen molar-refractivity contribution in [1.29, 1.82) is 0 Å². The molecule has 0 N–H and O–H groups in total. The number of rotatable bonds is 6. The van der Waals surface area contributed by atoms with E-state index in [9.17, 15) is 0 Å². The van der Waals surface area contributed by atoms with Crippen molar-refractivity contribution in [2.45, 2.75) is 20.8 Å². The summed E-state index contributed by atoms with van der Waals surface area (Å²) in [5, 5.41) is 2.37. The lowest BCUT2D eigenvalue weighted by atomic mass is 9.94. The Hall–Kier alpha value is -6.06. The third kappa shape index (κ3) is 5.40. The van der Waals surface area contributed by atoms with E-state index in [1.165, 1.54) is 33.0 Å². The number of aromatic nitrogens is 2. The van der Waals surface area contributed by atoms with Crippen molar-refractivity contribution in [1.82, 2.24) is 9.55 Å². The van der Waals surface area contributed by atoms with Gasteiger partial charge in [0.05, 0.1) is 16.7 Å². The number of hydrogen-bond donors (Lipinski definition) is 0. The van der Waals surface area contributed by atoms with Gasteiger partial charge in [-0.3, -0.25) is 9.56 Å². The molecule has 0 aliphatic rings. The molecule has 8 rings (SSSR count). The topological polar surface area (TPSA) is 30.2 Å². The summed E-state index contributed by atoms with van der Waals surface area (Å²) in [5.74, 6) is 0.939. The molecule has 48 heavy (non-hydrogen) atoms. The lowest BCUT2D eigenvalue weighted by molar-refractivity contribution is 1.10. The molecule has 3 heteroatoms. The van der Waals surface area contributed by atoms with E-state index in [0.717, 1.165) is 56.2 Å². The number of benzene rings is 7. The molecule has 0 aliphatic heterocycles. The molecular weight excluding hydrogens is 583 g/mol. The molecule has 0 unspecified atom stereocenters. The van der Waals surface area contributed by atoms with Gasteiger partial charge < -0.3 is 0 Å². The summed E-state index contributed by atoms with van der Waals surface area (Å²) in [6.07, 6.45) is 0. The molecule has 230 valence electrons. The van der Waals surface area contributed by atoms with Crippen LogP contribution in [0.3, 0.4) is 0 Å². The largest absolute Gasteiger partial charge is 0.292 e. The Morgan fingerprint density at radius 2 is 1.17 bits per heavy atom. The van der Waals surface area contributed by atoms with Gasteiger partial charge in [0.2, 0.25) is 0 Å². The second-order valence-electron chi connectivity index (χ2n) is 12.4. The van der Waals surface area contributed by atoms with Crippen LogP contribution in [0.15, 0.2) is 163 Å². The fourth-order valence-corrected chi connectivity index (χ4v) is 6.68. The highest BCUT2D eigenvalue weighted by molar-refractivity contribution is 6.06. The van der Waals surface area contributed by atoms with Crippen molar-refractivity contribution >= 4 is 33.2 Å². The van der Waals surface area contributed by atoms with Crippen molar-refractivity contribution < 1.29 is 0 Å². The van der Waals surface area contributed by atoms with Gasteiger partial charge in [-0.1, -0.05) is 115 Å². The summed E-state index contributed by atoms with van der Waals surface area (Å²) in [6.45, 7) is 6.41. The number of aryl methyl sites for hydroxylation is 2. The van der Waals surface area contributed by atoms with Crippen LogP contribution >= 0.6 is 0 Å². The first kappa shape index (κ1) is 29.3. The van der Waals surface area contributed by atoms with E-state index < -0.39 is 0 Å². The van der Waals surface area contributed by atoms with Gasteiger partial charge in [0.15, 0.2) is 0 Å². The molecule has 1 heterocycles. The fraction of sp³-hybridized carbons (Fsp3) is 0.0667. The normalized spacial score (nSPS) is 11.8. The number of aliphatic imine (C=N–C) groups is 1. The first-order valence-electron chi connectivity index (χ1n) is 16.4. The van der Waals surface area contributed by atoms with Gasteiger partial charge in [-0.2, -0.15) is 0 Å². The Morgan fingerprint density at radius 1 is 0.542 bits per heavy atom. The standard InChI is InChI=1S/C45H35N3/c1-30-13-7-8-16-39(30)41-18-10-9-17-40(41)32(3)46-43-29-36(22-21-31(43)2)34-23-24-35-28-37(26-25-33(35)27-34)45-47-42-19-11-12-20-44(42)48(45)38-14-5-4-6-15-38/h4-29H,1-3H3. The minimum atomic E-state index is 0.939. The molecule has 3 nitrogen and oxygen atoms in total. The average Bonchev–Trinajstić information content (AvgIpc) is 3.52. The van der Waals surface area contributed by atoms with E-state index in [4.69, 9.17) is 9.98 Å². The van der Waals surface area contributed by atoms with Gasteiger partial charge in [-0.15, -0.1) is 0 Å². The molecule has 7 aromatic carbocycles. The Morgan fingerprint density at radius 3 is 1.98 bits per heavy atom. The summed E-state index contributed by atoms with van der Waals surface area (Å²) in [7, 11) is 0. The summed E-state index contributed by atoms with van der Waals surface area (Å²) in [5.41, 5.74) is 14.6. The maximum absolute atomic E-state index is 5.20. The number of para-hydroxylation sites is 3. The van der Waals surface area contributed by atoms with Crippen LogP contribution in [0.5, 0.6) is 0 Å². The maximum atomic E-state index is 5.20.